The molecule has 0 atom stereocenters. The minimum absolute atomic E-state index is 0.308. The lowest BCUT2D eigenvalue weighted by Crippen LogP contribution is -1.96. The molecule has 0 aliphatic heterocycles. The van der Waals surface area contributed by atoms with Gasteiger partial charge in [0.1, 0.15) is 11.6 Å². The Bertz CT molecular complexity index is 752. The van der Waals surface area contributed by atoms with Gasteiger partial charge in [-0.3, -0.25) is 0 Å². The highest BCUT2D eigenvalue weighted by Gasteiger charge is 2.12. The van der Waals surface area contributed by atoms with Gasteiger partial charge in [-0.1, -0.05) is 18.2 Å². The summed E-state index contributed by atoms with van der Waals surface area (Å²) in [6.07, 6.45) is 0. The Balaban J connectivity index is 2.24. The molecule has 3 rings (SSSR count). The SMILES string of the molecule is NCc1cccc2[nH]c(-c3cccc(F)c3Br)nc12. The highest BCUT2D eigenvalue weighted by Crippen LogP contribution is 2.30. The number of para-hydroxylation sites is 1. The molecule has 0 unspecified atom stereocenters. The van der Waals surface area contributed by atoms with Gasteiger partial charge in [0.2, 0.25) is 0 Å². The number of benzene rings is 2. The highest BCUT2D eigenvalue weighted by molar-refractivity contribution is 9.10. The summed E-state index contributed by atoms with van der Waals surface area (Å²) in [5.74, 6) is 0.319. The van der Waals surface area contributed by atoms with Gasteiger partial charge in [0.05, 0.1) is 15.5 Å². The van der Waals surface area contributed by atoms with Crippen molar-refractivity contribution in [3.8, 4) is 11.4 Å². The number of hydrogen-bond acceptors (Lipinski definition) is 2. The Morgan fingerprint density at radius 2 is 2.00 bits per heavy atom. The van der Waals surface area contributed by atoms with Crippen molar-refractivity contribution in [2.75, 3.05) is 0 Å². The number of aromatic amines is 1. The number of halogens is 2. The van der Waals surface area contributed by atoms with E-state index in [4.69, 9.17) is 5.73 Å². The number of nitrogens with one attached hydrogen (secondary N) is 1. The molecule has 2 aromatic carbocycles. The fraction of sp³-hybridized carbons (Fsp3) is 0.0714. The van der Waals surface area contributed by atoms with E-state index in [0.29, 0.717) is 22.4 Å². The number of H-pyrrole nitrogens is 1. The van der Waals surface area contributed by atoms with Crippen molar-refractivity contribution in [3.63, 3.8) is 0 Å². The Morgan fingerprint density at radius 1 is 1.21 bits per heavy atom. The number of imidazole rings is 1. The van der Waals surface area contributed by atoms with Gasteiger partial charge in [0.15, 0.2) is 0 Å². The van der Waals surface area contributed by atoms with Crippen molar-refractivity contribution >= 4 is 27.0 Å². The minimum Gasteiger partial charge on any atom is -0.338 e. The second-order valence-corrected chi connectivity index (χ2v) is 5.00. The Hall–Kier alpha value is -1.72. The fourth-order valence-corrected chi connectivity index (χ4v) is 2.52. The van der Waals surface area contributed by atoms with E-state index < -0.39 is 0 Å². The zero-order valence-corrected chi connectivity index (χ0v) is 11.5. The molecular weight excluding hydrogens is 309 g/mol. The third-order valence-electron chi connectivity index (χ3n) is 3.02. The van der Waals surface area contributed by atoms with E-state index in [0.717, 1.165) is 16.6 Å². The molecule has 3 N–H and O–H groups in total. The smallest absolute Gasteiger partial charge is 0.139 e. The molecule has 0 fully saturated rings. The van der Waals surface area contributed by atoms with Crippen LogP contribution in [0.4, 0.5) is 4.39 Å². The number of aromatic nitrogens is 2. The van der Waals surface area contributed by atoms with Gasteiger partial charge in [-0.05, 0) is 39.7 Å². The molecule has 0 aliphatic carbocycles. The van der Waals surface area contributed by atoms with Gasteiger partial charge < -0.3 is 10.7 Å². The summed E-state index contributed by atoms with van der Waals surface area (Å²) in [4.78, 5) is 7.71. The van der Waals surface area contributed by atoms with Gasteiger partial charge in [0.25, 0.3) is 0 Å². The van der Waals surface area contributed by atoms with Gasteiger partial charge in [-0.25, -0.2) is 9.37 Å². The molecule has 1 aromatic heterocycles. The molecule has 0 amide bonds. The summed E-state index contributed by atoms with van der Waals surface area (Å²) < 4.78 is 14.0. The molecule has 1 heterocycles. The summed E-state index contributed by atoms with van der Waals surface area (Å²) in [5.41, 5.74) is 9.08. The van der Waals surface area contributed by atoms with E-state index in [1.807, 2.05) is 24.3 Å². The van der Waals surface area contributed by atoms with Crippen LogP contribution in [0.3, 0.4) is 0 Å². The van der Waals surface area contributed by atoms with Crippen LogP contribution in [0.5, 0.6) is 0 Å². The first-order valence-corrected chi connectivity index (χ1v) is 6.62. The molecule has 5 heteroatoms. The molecule has 0 bridgehead atoms. The largest absolute Gasteiger partial charge is 0.338 e. The van der Waals surface area contributed by atoms with Gasteiger partial charge in [-0.2, -0.15) is 0 Å². The average molecular weight is 320 g/mol. The normalized spacial score (nSPS) is 11.1. The molecule has 0 radical (unpaired) electrons. The number of hydrogen-bond donors (Lipinski definition) is 2. The Morgan fingerprint density at radius 3 is 2.79 bits per heavy atom. The monoisotopic (exact) mass is 319 g/mol. The molecule has 96 valence electrons. The zero-order valence-electron chi connectivity index (χ0n) is 9.95. The second kappa shape index (κ2) is 4.75. The quantitative estimate of drug-likeness (QED) is 0.758. The first kappa shape index (κ1) is 12.3. The maximum atomic E-state index is 13.6. The summed E-state index contributed by atoms with van der Waals surface area (Å²) in [5, 5.41) is 0. The van der Waals surface area contributed by atoms with E-state index in [1.54, 1.807) is 6.07 Å². The van der Waals surface area contributed by atoms with E-state index >= 15 is 0 Å². The van der Waals surface area contributed by atoms with Crippen molar-refractivity contribution in [1.82, 2.24) is 9.97 Å². The molecule has 3 aromatic rings. The van der Waals surface area contributed by atoms with E-state index in [9.17, 15) is 4.39 Å². The first-order chi connectivity index (χ1) is 9.20. The molecule has 0 aliphatic rings. The van der Waals surface area contributed by atoms with Crippen LogP contribution in [0.1, 0.15) is 5.56 Å². The maximum Gasteiger partial charge on any atom is 0.139 e. The van der Waals surface area contributed by atoms with Crippen LogP contribution in [0.2, 0.25) is 0 Å². The second-order valence-electron chi connectivity index (χ2n) is 4.20. The van der Waals surface area contributed by atoms with Crippen LogP contribution in [0.15, 0.2) is 40.9 Å². The summed E-state index contributed by atoms with van der Waals surface area (Å²) >= 11 is 3.25. The molecular formula is C14H11BrFN3. The van der Waals surface area contributed by atoms with Crippen molar-refractivity contribution in [2.24, 2.45) is 5.73 Å². The van der Waals surface area contributed by atoms with Crippen molar-refractivity contribution < 1.29 is 4.39 Å². The van der Waals surface area contributed by atoms with Crippen LogP contribution in [0, 0.1) is 5.82 Å². The standard InChI is InChI=1S/C14H11BrFN3/c15-12-9(4-2-5-10(12)16)14-18-11-6-1-3-8(7-17)13(11)19-14/h1-6H,7,17H2,(H,18,19). The van der Waals surface area contributed by atoms with Crippen LogP contribution in [-0.4, -0.2) is 9.97 Å². The molecule has 0 saturated heterocycles. The van der Waals surface area contributed by atoms with Gasteiger partial charge in [-0.15, -0.1) is 0 Å². The van der Waals surface area contributed by atoms with E-state index in [-0.39, 0.29) is 5.82 Å². The lowest BCUT2D eigenvalue weighted by Gasteiger charge is -2.01. The van der Waals surface area contributed by atoms with Crippen LogP contribution in [-0.2, 0) is 6.54 Å². The molecule has 0 spiro atoms. The average Bonchev–Trinajstić information content (AvgIpc) is 2.85. The summed E-state index contributed by atoms with van der Waals surface area (Å²) in [6.45, 7) is 0.423. The Labute approximate surface area is 117 Å². The summed E-state index contributed by atoms with van der Waals surface area (Å²) in [6, 6.07) is 10.7. The van der Waals surface area contributed by atoms with Crippen LogP contribution < -0.4 is 5.73 Å². The first-order valence-electron chi connectivity index (χ1n) is 5.83. The minimum atomic E-state index is -0.308. The molecule has 3 nitrogen and oxygen atoms in total. The molecule has 0 saturated carbocycles. The van der Waals surface area contributed by atoms with E-state index in [1.165, 1.54) is 6.07 Å². The Kier molecular flexibility index (Phi) is 3.08. The lowest BCUT2D eigenvalue weighted by atomic mass is 10.2. The zero-order chi connectivity index (χ0) is 13.4. The van der Waals surface area contributed by atoms with E-state index in [2.05, 4.69) is 25.9 Å². The predicted molar refractivity (Wildman–Crippen MR) is 77.1 cm³/mol. The van der Waals surface area contributed by atoms with Crippen molar-refractivity contribution in [1.29, 1.82) is 0 Å². The lowest BCUT2D eigenvalue weighted by molar-refractivity contribution is 0.621. The fourth-order valence-electron chi connectivity index (χ4n) is 2.07. The number of rotatable bonds is 2. The topological polar surface area (TPSA) is 54.7 Å². The third kappa shape index (κ3) is 2.05. The van der Waals surface area contributed by atoms with Crippen LogP contribution in [0.25, 0.3) is 22.4 Å². The number of nitrogens with zero attached hydrogens (tertiary/aromatic N) is 1. The maximum absolute atomic E-state index is 13.6. The van der Waals surface area contributed by atoms with Gasteiger partial charge >= 0.3 is 0 Å². The predicted octanol–water partition coefficient (Wildman–Crippen LogP) is 3.59. The third-order valence-corrected chi connectivity index (χ3v) is 3.83. The molecule has 19 heavy (non-hydrogen) atoms. The number of nitrogens with two attached hydrogens (primary N) is 1. The number of fused-ring (bicyclic) bond motifs is 1. The van der Waals surface area contributed by atoms with Crippen molar-refractivity contribution in [3.05, 3.63) is 52.3 Å². The highest BCUT2D eigenvalue weighted by atomic mass is 79.9. The summed E-state index contributed by atoms with van der Waals surface area (Å²) in [7, 11) is 0. The van der Waals surface area contributed by atoms with Crippen molar-refractivity contribution in [2.45, 2.75) is 6.54 Å². The van der Waals surface area contributed by atoms with Crippen LogP contribution >= 0.6 is 15.9 Å². The van der Waals surface area contributed by atoms with Gasteiger partial charge in [0, 0.05) is 12.1 Å².